The molecule has 3 rings (SSSR count). The zero-order valence-electron chi connectivity index (χ0n) is 16.5. The van der Waals surface area contributed by atoms with Crippen LogP contribution in [0.25, 0.3) is 10.9 Å². The topological polar surface area (TPSA) is 54.3 Å². The summed E-state index contributed by atoms with van der Waals surface area (Å²) in [5, 5.41) is 0.609. The summed E-state index contributed by atoms with van der Waals surface area (Å²) in [5.74, 6) is 1.52. The molecule has 6 nitrogen and oxygen atoms in total. The fraction of sp³-hybridized carbons (Fsp3) is 0.650. The Hall–Kier alpha value is -1.79. The molecule has 142 valence electrons. The summed E-state index contributed by atoms with van der Waals surface area (Å²) in [6.07, 6.45) is 5.43. The minimum absolute atomic E-state index is 0.0293. The third kappa shape index (κ3) is 3.81. The molecule has 0 aromatic carbocycles. The molecule has 2 aromatic heterocycles. The first kappa shape index (κ1) is 19.0. The molecular weight excluding hydrogens is 326 g/mol. The lowest BCUT2D eigenvalue weighted by Gasteiger charge is -2.32. The number of hydrogen-bond donors (Lipinski definition) is 0. The molecule has 1 saturated heterocycles. The van der Waals surface area contributed by atoms with Crippen LogP contribution in [-0.4, -0.2) is 57.6 Å². The Morgan fingerprint density at radius 1 is 1.27 bits per heavy atom. The maximum absolute atomic E-state index is 13.0. The number of pyridine rings is 1. The molecule has 1 fully saturated rings. The minimum atomic E-state index is 0.0293. The van der Waals surface area contributed by atoms with Gasteiger partial charge in [0, 0.05) is 45.1 Å². The van der Waals surface area contributed by atoms with Gasteiger partial charge in [0.15, 0.2) is 0 Å². The predicted octanol–water partition coefficient (Wildman–Crippen LogP) is 2.54. The maximum Gasteiger partial charge on any atom is 0.262 e. The van der Waals surface area contributed by atoms with E-state index in [0.29, 0.717) is 17.8 Å². The molecule has 0 saturated carbocycles. The van der Waals surface area contributed by atoms with Gasteiger partial charge in [0.1, 0.15) is 5.82 Å². The van der Waals surface area contributed by atoms with Crippen LogP contribution in [0.4, 0.5) is 0 Å². The van der Waals surface area contributed by atoms with Crippen LogP contribution in [0.2, 0.25) is 0 Å². The van der Waals surface area contributed by atoms with Crippen LogP contribution in [0.1, 0.15) is 45.5 Å². The second kappa shape index (κ2) is 8.27. The van der Waals surface area contributed by atoms with Gasteiger partial charge in [-0.3, -0.25) is 19.2 Å². The fourth-order valence-corrected chi connectivity index (χ4v) is 4.15. The Bertz CT molecular complexity index is 802. The molecule has 0 aliphatic carbocycles. The largest absolute Gasteiger partial charge is 0.305 e. The molecule has 2 aromatic rings. The van der Waals surface area contributed by atoms with Crippen molar-refractivity contribution in [2.45, 2.75) is 46.2 Å². The number of aromatic nitrogens is 3. The van der Waals surface area contributed by atoms with E-state index < -0.39 is 0 Å². The van der Waals surface area contributed by atoms with Crippen molar-refractivity contribution in [3.05, 3.63) is 34.6 Å². The lowest BCUT2D eigenvalue weighted by Crippen LogP contribution is -2.38. The molecule has 0 spiro atoms. The first-order valence-electron chi connectivity index (χ1n) is 9.82. The molecule has 2 atom stereocenters. The number of fused-ring (bicyclic) bond motifs is 1. The monoisotopic (exact) mass is 357 g/mol. The van der Waals surface area contributed by atoms with E-state index in [4.69, 9.17) is 4.98 Å². The molecule has 0 bridgehead atoms. The van der Waals surface area contributed by atoms with Gasteiger partial charge in [-0.05, 0) is 32.4 Å². The second-order valence-electron chi connectivity index (χ2n) is 7.58. The van der Waals surface area contributed by atoms with E-state index in [1.165, 1.54) is 0 Å². The summed E-state index contributed by atoms with van der Waals surface area (Å²) >= 11 is 0. The summed E-state index contributed by atoms with van der Waals surface area (Å²) in [7, 11) is 2.19. The fourth-order valence-electron chi connectivity index (χ4n) is 4.15. The highest BCUT2D eigenvalue weighted by Gasteiger charge is 2.28. The number of hydrogen-bond acceptors (Lipinski definition) is 5. The molecule has 0 unspecified atom stereocenters. The lowest BCUT2D eigenvalue weighted by atomic mass is 10.1. The zero-order chi connectivity index (χ0) is 18.7. The van der Waals surface area contributed by atoms with Crippen molar-refractivity contribution < 1.29 is 0 Å². The van der Waals surface area contributed by atoms with E-state index in [2.05, 4.69) is 35.7 Å². The molecule has 0 amide bonds. The van der Waals surface area contributed by atoms with Gasteiger partial charge in [-0.15, -0.1) is 0 Å². The van der Waals surface area contributed by atoms with Gasteiger partial charge in [0.05, 0.1) is 16.9 Å². The Balaban J connectivity index is 2.08. The van der Waals surface area contributed by atoms with Gasteiger partial charge in [0.25, 0.3) is 5.56 Å². The second-order valence-corrected chi connectivity index (χ2v) is 7.58. The number of likely N-dealkylation sites (N-methyl/N-ethyl adjacent to an activating group) is 1. The van der Waals surface area contributed by atoms with Crippen molar-refractivity contribution in [1.82, 2.24) is 24.3 Å². The summed E-state index contributed by atoms with van der Waals surface area (Å²) in [5.41, 5.74) is 0.785. The SMILES string of the molecule is CCC[C@H](c1nc2ccncc2c(=O)n1CC)N1CCN(C)C[C@H](C)C1. The van der Waals surface area contributed by atoms with Crippen molar-refractivity contribution in [2.24, 2.45) is 5.92 Å². The van der Waals surface area contributed by atoms with Gasteiger partial charge in [-0.25, -0.2) is 4.98 Å². The van der Waals surface area contributed by atoms with Gasteiger partial charge < -0.3 is 4.90 Å². The average molecular weight is 358 g/mol. The molecule has 1 aliphatic rings. The standard InChI is InChI=1S/C20H31N5O/c1-5-7-18(24-11-10-23(4)13-15(3)14-24)19-22-17-8-9-21-12-16(17)20(26)25(19)6-2/h8-9,12,15,18H,5-7,10-11,13-14H2,1-4H3/t15-,18+/m0/s1. The summed E-state index contributed by atoms with van der Waals surface area (Å²) in [6.45, 7) is 11.4. The predicted molar refractivity (Wildman–Crippen MR) is 105 cm³/mol. The normalized spacial score (nSPS) is 21.0. The molecule has 0 radical (unpaired) electrons. The first-order chi connectivity index (χ1) is 12.5. The first-order valence-corrected chi connectivity index (χ1v) is 9.82. The molecule has 1 aliphatic heterocycles. The number of rotatable bonds is 5. The quantitative estimate of drug-likeness (QED) is 0.823. The van der Waals surface area contributed by atoms with E-state index in [1.807, 2.05) is 17.6 Å². The molecule has 3 heterocycles. The van der Waals surface area contributed by atoms with Crippen molar-refractivity contribution in [3.63, 3.8) is 0 Å². The molecule has 6 heteroatoms. The van der Waals surface area contributed by atoms with Gasteiger partial charge in [-0.1, -0.05) is 20.3 Å². The third-order valence-electron chi connectivity index (χ3n) is 5.34. The van der Waals surface area contributed by atoms with E-state index in [-0.39, 0.29) is 11.6 Å². The smallest absolute Gasteiger partial charge is 0.262 e. The minimum Gasteiger partial charge on any atom is -0.305 e. The highest BCUT2D eigenvalue weighted by Crippen LogP contribution is 2.27. The summed E-state index contributed by atoms with van der Waals surface area (Å²) in [4.78, 5) is 27.0. The van der Waals surface area contributed by atoms with Crippen molar-refractivity contribution in [1.29, 1.82) is 0 Å². The lowest BCUT2D eigenvalue weighted by molar-refractivity contribution is 0.167. The molecule has 0 N–H and O–H groups in total. The molecule has 26 heavy (non-hydrogen) atoms. The van der Waals surface area contributed by atoms with E-state index in [0.717, 1.165) is 50.4 Å². The van der Waals surface area contributed by atoms with Gasteiger partial charge in [-0.2, -0.15) is 0 Å². The van der Waals surface area contributed by atoms with Crippen LogP contribution in [0.15, 0.2) is 23.3 Å². The Labute approximate surface area is 155 Å². The Morgan fingerprint density at radius 2 is 2.08 bits per heavy atom. The highest BCUT2D eigenvalue weighted by molar-refractivity contribution is 5.76. The highest BCUT2D eigenvalue weighted by atomic mass is 16.1. The van der Waals surface area contributed by atoms with Crippen LogP contribution < -0.4 is 5.56 Å². The van der Waals surface area contributed by atoms with Gasteiger partial charge in [0.2, 0.25) is 0 Å². The summed E-state index contributed by atoms with van der Waals surface area (Å²) < 4.78 is 1.85. The van der Waals surface area contributed by atoms with Crippen molar-refractivity contribution >= 4 is 10.9 Å². The Morgan fingerprint density at radius 3 is 2.81 bits per heavy atom. The van der Waals surface area contributed by atoms with Crippen LogP contribution >= 0.6 is 0 Å². The van der Waals surface area contributed by atoms with Crippen molar-refractivity contribution in [3.8, 4) is 0 Å². The zero-order valence-corrected chi connectivity index (χ0v) is 16.5. The van der Waals surface area contributed by atoms with E-state index in [1.54, 1.807) is 12.4 Å². The Kier molecular flexibility index (Phi) is 6.04. The average Bonchev–Trinajstić information content (AvgIpc) is 2.79. The summed E-state index contributed by atoms with van der Waals surface area (Å²) in [6, 6.07) is 2.03. The molecular formula is C20H31N5O. The van der Waals surface area contributed by atoms with Crippen LogP contribution in [0, 0.1) is 5.92 Å². The van der Waals surface area contributed by atoms with E-state index >= 15 is 0 Å². The van der Waals surface area contributed by atoms with Gasteiger partial charge >= 0.3 is 0 Å². The maximum atomic E-state index is 13.0. The number of nitrogens with zero attached hydrogens (tertiary/aromatic N) is 5. The van der Waals surface area contributed by atoms with E-state index in [9.17, 15) is 4.79 Å². The third-order valence-corrected chi connectivity index (χ3v) is 5.34. The van der Waals surface area contributed by atoms with Crippen LogP contribution in [0.5, 0.6) is 0 Å². The van der Waals surface area contributed by atoms with Crippen LogP contribution in [0.3, 0.4) is 0 Å². The van der Waals surface area contributed by atoms with Crippen LogP contribution in [-0.2, 0) is 6.54 Å². The van der Waals surface area contributed by atoms with Crippen molar-refractivity contribution in [2.75, 3.05) is 33.2 Å².